The summed E-state index contributed by atoms with van der Waals surface area (Å²) in [6, 6.07) is 8.35. The number of hydrogen-bond acceptors (Lipinski definition) is 8. The lowest BCUT2D eigenvalue weighted by molar-refractivity contribution is -0.131. The predicted octanol–water partition coefficient (Wildman–Crippen LogP) is 5.89. The van der Waals surface area contributed by atoms with Gasteiger partial charge in [0.1, 0.15) is 35.6 Å². The molecule has 4 aromatic rings. The van der Waals surface area contributed by atoms with Crippen LogP contribution < -0.4 is 9.64 Å². The van der Waals surface area contributed by atoms with E-state index in [1.165, 1.54) is 12.3 Å². The number of nitrogens with zero attached hydrogens (tertiary/aromatic N) is 7. The average Bonchev–Trinajstić information content (AvgIpc) is 3.61. The number of halogens is 4. The van der Waals surface area contributed by atoms with Crippen molar-refractivity contribution in [3.05, 3.63) is 65.3 Å². The number of carbonyl (C=O) groups is 1. The monoisotopic (exact) mass is 705 g/mol. The van der Waals surface area contributed by atoms with Crippen molar-refractivity contribution in [1.29, 1.82) is 0 Å². The van der Waals surface area contributed by atoms with Gasteiger partial charge in [-0.2, -0.15) is 9.97 Å². The molecule has 4 saturated heterocycles. The quantitative estimate of drug-likeness (QED) is 0.200. The van der Waals surface area contributed by atoms with E-state index in [0.717, 1.165) is 32.4 Å². The Hall–Kier alpha value is -4.00. The number of fused-ring (bicyclic) bond motifs is 3. The summed E-state index contributed by atoms with van der Waals surface area (Å²) in [6.07, 6.45) is 7.44. The van der Waals surface area contributed by atoms with Crippen LogP contribution in [-0.2, 0) is 4.79 Å². The van der Waals surface area contributed by atoms with Crippen molar-refractivity contribution in [1.82, 2.24) is 29.7 Å². The van der Waals surface area contributed by atoms with E-state index >= 15 is 4.39 Å². The Morgan fingerprint density at radius 1 is 1.16 bits per heavy atom. The number of alkyl halides is 1. The fraction of sp³-hybridized carbons (Fsp3) is 0.459. The summed E-state index contributed by atoms with van der Waals surface area (Å²) in [4.78, 5) is 34.7. The molecule has 0 bridgehead atoms. The summed E-state index contributed by atoms with van der Waals surface area (Å²) in [5.74, 6) is -0.725. The molecular weight excluding hydrogens is 667 g/mol. The van der Waals surface area contributed by atoms with Gasteiger partial charge in [-0.15, -0.1) is 0 Å². The fourth-order valence-corrected chi connectivity index (χ4v) is 8.41. The van der Waals surface area contributed by atoms with Gasteiger partial charge >= 0.3 is 6.01 Å². The maximum absolute atomic E-state index is 16.7. The van der Waals surface area contributed by atoms with Crippen molar-refractivity contribution in [3.8, 4) is 17.3 Å². The van der Waals surface area contributed by atoms with Gasteiger partial charge in [-0.05, 0) is 44.3 Å². The Kier molecular flexibility index (Phi) is 8.59. The van der Waals surface area contributed by atoms with Gasteiger partial charge in [0.05, 0.1) is 15.9 Å². The number of ether oxygens (including phenoxy) is 1. The predicted molar refractivity (Wildman–Crippen MR) is 187 cm³/mol. The lowest BCUT2D eigenvalue weighted by Crippen LogP contribution is -2.53. The second kappa shape index (κ2) is 13.0. The van der Waals surface area contributed by atoms with Gasteiger partial charge in [0, 0.05) is 81.4 Å². The van der Waals surface area contributed by atoms with Crippen LogP contribution in [-0.4, -0.2) is 113 Å². The number of carbonyl (C=O) groups excluding carboxylic acids is 1. The Bertz CT molecular complexity index is 2010. The largest absolute Gasteiger partial charge is 0.461 e. The van der Waals surface area contributed by atoms with Crippen molar-refractivity contribution < 1.29 is 22.7 Å². The van der Waals surface area contributed by atoms with Crippen molar-refractivity contribution in [2.24, 2.45) is 5.92 Å². The average molecular weight is 706 g/mol. The SMILES string of the molecule is CN(CC1CN(C(=O)/C=C/[C@H]2CCN2C)C1)c1nc(OC[C@@]23CCCN2C[C@H](F)C3)nc2c(F)c(-c3cccc4ccc(F)c(Cl)c34)ncc12. The fourth-order valence-electron chi connectivity index (χ4n) is 8.14. The Morgan fingerprint density at radius 3 is 2.78 bits per heavy atom. The summed E-state index contributed by atoms with van der Waals surface area (Å²) in [5.41, 5.74) is -0.141. The maximum atomic E-state index is 16.7. The van der Waals surface area contributed by atoms with Crippen LogP contribution in [0.4, 0.5) is 19.0 Å². The lowest BCUT2D eigenvalue weighted by Gasteiger charge is -2.41. The molecule has 4 fully saturated rings. The molecule has 2 aromatic carbocycles. The minimum atomic E-state index is -0.925. The molecule has 0 N–H and O–H groups in total. The molecule has 13 heteroatoms. The van der Waals surface area contributed by atoms with Crippen LogP contribution in [0.5, 0.6) is 6.01 Å². The number of likely N-dealkylation sites (tertiary alicyclic amines) is 2. The molecule has 0 spiro atoms. The number of hydrogen-bond donors (Lipinski definition) is 0. The lowest BCUT2D eigenvalue weighted by atomic mass is 9.95. The third kappa shape index (κ3) is 5.84. The van der Waals surface area contributed by atoms with Gasteiger partial charge in [-0.1, -0.05) is 41.9 Å². The van der Waals surface area contributed by atoms with E-state index in [4.69, 9.17) is 21.3 Å². The van der Waals surface area contributed by atoms with Crippen molar-refractivity contribution >= 4 is 45.0 Å². The van der Waals surface area contributed by atoms with Gasteiger partial charge in [0.2, 0.25) is 5.91 Å². The van der Waals surface area contributed by atoms with Crippen molar-refractivity contribution in [3.63, 3.8) is 0 Å². The molecule has 1 amide bonds. The Morgan fingerprint density at radius 2 is 2.00 bits per heavy atom. The van der Waals surface area contributed by atoms with E-state index in [1.807, 2.05) is 30.0 Å². The highest BCUT2D eigenvalue weighted by Gasteiger charge is 2.49. The molecule has 3 atom stereocenters. The van der Waals surface area contributed by atoms with Gasteiger partial charge in [0.15, 0.2) is 5.82 Å². The van der Waals surface area contributed by atoms with Crippen LogP contribution in [0.3, 0.4) is 0 Å². The molecule has 8 rings (SSSR count). The molecule has 6 heterocycles. The van der Waals surface area contributed by atoms with Crippen LogP contribution in [0.1, 0.15) is 25.7 Å². The smallest absolute Gasteiger partial charge is 0.319 e. The summed E-state index contributed by atoms with van der Waals surface area (Å²) in [6.45, 7) is 4.15. The number of likely N-dealkylation sites (N-methyl/N-ethyl adjacent to an activating group) is 1. The van der Waals surface area contributed by atoms with Crippen LogP contribution in [0, 0.1) is 17.6 Å². The molecule has 2 aromatic heterocycles. The summed E-state index contributed by atoms with van der Waals surface area (Å²) in [7, 11) is 3.91. The van der Waals surface area contributed by atoms with E-state index in [-0.39, 0.29) is 40.7 Å². The highest BCUT2D eigenvalue weighted by molar-refractivity contribution is 6.36. The zero-order chi connectivity index (χ0) is 34.7. The third-order valence-corrected chi connectivity index (χ3v) is 11.4. The molecule has 4 aliphatic heterocycles. The van der Waals surface area contributed by atoms with Gasteiger partial charge in [-0.25, -0.2) is 13.2 Å². The summed E-state index contributed by atoms with van der Waals surface area (Å²) < 4.78 is 52.1. The number of aromatic nitrogens is 3. The summed E-state index contributed by atoms with van der Waals surface area (Å²) in [5, 5.41) is 1.26. The molecule has 4 aliphatic rings. The van der Waals surface area contributed by atoms with Crippen LogP contribution in [0.2, 0.25) is 5.02 Å². The van der Waals surface area contributed by atoms with Gasteiger partial charge in [0.25, 0.3) is 0 Å². The van der Waals surface area contributed by atoms with E-state index in [2.05, 4.69) is 19.8 Å². The first-order chi connectivity index (χ1) is 24.1. The van der Waals surface area contributed by atoms with E-state index in [0.29, 0.717) is 66.2 Å². The summed E-state index contributed by atoms with van der Waals surface area (Å²) >= 11 is 6.41. The number of amides is 1. The standard InChI is InChI=1S/C37H39ClF3N7O2/c1-45-14-11-25(45)8-10-29(49)47-18-22(19-47)17-46(2)35-27-16-42-33(26-6-3-5-23-7-9-28(40)31(38)30(23)26)32(41)34(27)43-36(44-35)50-21-37-12-4-13-48(37)20-24(39)15-37/h3,5-10,16,22,24-25H,4,11-15,17-21H2,1-2H3/b10-8+/t24-,25+,37+/m1/s1. The Balaban J connectivity index is 1.10. The number of rotatable bonds is 9. The van der Waals surface area contributed by atoms with Crippen LogP contribution in [0.25, 0.3) is 32.9 Å². The third-order valence-electron chi connectivity index (χ3n) is 11.0. The second-order valence-corrected chi connectivity index (χ2v) is 14.7. The molecule has 262 valence electrons. The number of benzene rings is 2. The van der Waals surface area contributed by atoms with E-state index in [9.17, 15) is 13.6 Å². The molecular formula is C37H39ClF3N7O2. The topological polar surface area (TPSA) is 77.9 Å². The maximum Gasteiger partial charge on any atom is 0.319 e. The highest BCUT2D eigenvalue weighted by atomic mass is 35.5. The molecule has 0 radical (unpaired) electrons. The van der Waals surface area contributed by atoms with E-state index < -0.39 is 23.3 Å². The van der Waals surface area contributed by atoms with Crippen LogP contribution >= 0.6 is 11.6 Å². The van der Waals surface area contributed by atoms with Crippen LogP contribution in [0.15, 0.2) is 48.7 Å². The zero-order valence-electron chi connectivity index (χ0n) is 28.1. The zero-order valence-corrected chi connectivity index (χ0v) is 28.8. The van der Waals surface area contributed by atoms with Gasteiger partial charge < -0.3 is 14.5 Å². The minimum absolute atomic E-state index is 0.00143. The first kappa shape index (κ1) is 33.2. The first-order valence-electron chi connectivity index (χ1n) is 17.2. The van der Waals surface area contributed by atoms with Crippen molar-refractivity contribution in [2.75, 3.05) is 64.9 Å². The van der Waals surface area contributed by atoms with Gasteiger partial charge in [-0.3, -0.25) is 19.6 Å². The molecule has 50 heavy (non-hydrogen) atoms. The normalized spacial score (nSPS) is 24.2. The molecule has 9 nitrogen and oxygen atoms in total. The molecule has 0 saturated carbocycles. The molecule has 0 aliphatic carbocycles. The number of pyridine rings is 1. The minimum Gasteiger partial charge on any atom is -0.461 e. The second-order valence-electron chi connectivity index (χ2n) is 14.3. The molecule has 0 unspecified atom stereocenters. The van der Waals surface area contributed by atoms with Crippen molar-refractivity contribution in [2.45, 2.75) is 43.4 Å². The number of anilines is 1. The Labute approximate surface area is 293 Å². The van der Waals surface area contributed by atoms with E-state index in [1.54, 1.807) is 30.3 Å². The highest BCUT2D eigenvalue weighted by Crippen LogP contribution is 2.41. The first-order valence-corrected chi connectivity index (χ1v) is 17.6.